The number of hydrogen-bond donors (Lipinski definition) is 0. The van der Waals surface area contributed by atoms with E-state index >= 15 is 0 Å². The molecule has 0 aliphatic carbocycles. The molecule has 1 atom stereocenters. The third-order valence-corrected chi connectivity index (χ3v) is 6.44. The summed E-state index contributed by atoms with van der Waals surface area (Å²) in [4.78, 5) is 0.161. The molecule has 0 saturated carbocycles. The SMILES string of the molecule is COc1ccc(S(=O)(=O)/N=C(\SC)N2N=CCC2c2ccccc2)c(C)c1. The molecule has 0 spiro atoms. The second-order valence-electron chi connectivity index (χ2n) is 5.99. The van der Waals surface area contributed by atoms with E-state index in [9.17, 15) is 8.42 Å². The minimum absolute atomic E-state index is 0.0652. The Kier molecular flexibility index (Phi) is 5.86. The first-order valence-electron chi connectivity index (χ1n) is 8.36. The van der Waals surface area contributed by atoms with E-state index < -0.39 is 10.0 Å². The van der Waals surface area contributed by atoms with Gasteiger partial charge in [0.1, 0.15) is 5.75 Å². The predicted octanol–water partition coefficient (Wildman–Crippen LogP) is 3.84. The number of hydrogen-bond acceptors (Lipinski definition) is 5. The Morgan fingerprint density at radius 2 is 2.00 bits per heavy atom. The molecule has 8 heteroatoms. The molecule has 27 heavy (non-hydrogen) atoms. The van der Waals surface area contributed by atoms with Gasteiger partial charge in [0.2, 0.25) is 0 Å². The quantitative estimate of drug-likeness (QED) is 0.573. The fourth-order valence-electron chi connectivity index (χ4n) is 2.91. The first kappa shape index (κ1) is 19.4. The minimum atomic E-state index is -3.87. The zero-order valence-electron chi connectivity index (χ0n) is 15.4. The van der Waals surface area contributed by atoms with Crippen LogP contribution in [0.1, 0.15) is 23.6 Å². The van der Waals surface area contributed by atoms with Crippen LogP contribution in [0.3, 0.4) is 0 Å². The van der Waals surface area contributed by atoms with Crippen molar-refractivity contribution in [1.29, 1.82) is 0 Å². The van der Waals surface area contributed by atoms with Crippen molar-refractivity contribution in [3.8, 4) is 5.75 Å². The monoisotopic (exact) mass is 403 g/mol. The second-order valence-corrected chi connectivity index (χ2v) is 8.34. The maximum Gasteiger partial charge on any atom is 0.285 e. The Labute approximate surface area is 164 Å². The van der Waals surface area contributed by atoms with E-state index in [-0.39, 0.29) is 10.9 Å². The number of hydrazone groups is 1. The van der Waals surface area contributed by atoms with Gasteiger partial charge in [-0.25, -0.2) is 5.01 Å². The van der Waals surface area contributed by atoms with Crippen molar-refractivity contribution in [2.24, 2.45) is 9.50 Å². The lowest BCUT2D eigenvalue weighted by atomic mass is 10.1. The van der Waals surface area contributed by atoms with Crippen molar-refractivity contribution in [3.05, 3.63) is 59.7 Å². The Hall–Kier alpha value is -2.32. The first-order valence-corrected chi connectivity index (χ1v) is 11.0. The van der Waals surface area contributed by atoms with Gasteiger partial charge < -0.3 is 4.74 Å². The molecule has 142 valence electrons. The van der Waals surface area contributed by atoms with Gasteiger partial charge in [-0.15, -0.1) is 4.40 Å². The molecule has 0 saturated heterocycles. The van der Waals surface area contributed by atoms with Crippen LogP contribution in [0.2, 0.25) is 0 Å². The molecule has 1 heterocycles. The zero-order valence-corrected chi connectivity index (χ0v) is 17.0. The molecule has 0 fully saturated rings. The Morgan fingerprint density at radius 3 is 2.63 bits per heavy atom. The van der Waals surface area contributed by atoms with E-state index in [1.54, 1.807) is 43.6 Å². The third kappa shape index (κ3) is 4.17. The summed E-state index contributed by atoms with van der Waals surface area (Å²) >= 11 is 1.26. The number of thioether (sulfide) groups is 1. The number of nitrogens with zero attached hydrogens (tertiary/aromatic N) is 3. The van der Waals surface area contributed by atoms with Crippen LogP contribution in [-0.4, -0.2) is 38.2 Å². The summed E-state index contributed by atoms with van der Waals surface area (Å²) in [6.45, 7) is 1.73. The molecule has 0 N–H and O–H groups in total. The first-order chi connectivity index (χ1) is 13.0. The molecule has 6 nitrogen and oxygen atoms in total. The van der Waals surface area contributed by atoms with E-state index in [0.29, 0.717) is 22.9 Å². The summed E-state index contributed by atoms with van der Waals surface area (Å²) < 4.78 is 35.0. The largest absolute Gasteiger partial charge is 0.497 e. The lowest BCUT2D eigenvalue weighted by Gasteiger charge is -2.24. The normalized spacial score (nSPS) is 17.4. The molecule has 1 unspecified atom stereocenters. The van der Waals surface area contributed by atoms with Crippen LogP contribution >= 0.6 is 11.8 Å². The molecule has 0 aromatic heterocycles. The van der Waals surface area contributed by atoms with Gasteiger partial charge in [0, 0.05) is 12.6 Å². The summed E-state index contributed by atoms with van der Waals surface area (Å²) in [5.74, 6) is 0.605. The number of sulfonamides is 1. The van der Waals surface area contributed by atoms with Crippen LogP contribution in [0.15, 0.2) is 62.9 Å². The van der Waals surface area contributed by atoms with Crippen LogP contribution in [0, 0.1) is 6.92 Å². The van der Waals surface area contributed by atoms with Gasteiger partial charge in [-0.05, 0) is 42.5 Å². The number of methoxy groups -OCH3 is 1. The number of rotatable bonds is 4. The zero-order chi connectivity index (χ0) is 19.4. The van der Waals surface area contributed by atoms with Crippen LogP contribution in [-0.2, 0) is 10.0 Å². The number of aryl methyl sites for hydroxylation is 1. The summed E-state index contributed by atoms with van der Waals surface area (Å²) in [5.41, 5.74) is 1.65. The van der Waals surface area contributed by atoms with E-state index in [0.717, 1.165) is 5.56 Å². The topological polar surface area (TPSA) is 71.3 Å². The summed E-state index contributed by atoms with van der Waals surface area (Å²) in [7, 11) is -2.33. The van der Waals surface area contributed by atoms with Crippen LogP contribution in [0.25, 0.3) is 0 Å². The molecule has 1 aliphatic heterocycles. The van der Waals surface area contributed by atoms with Gasteiger partial charge in [-0.3, -0.25) is 0 Å². The maximum atomic E-state index is 12.9. The second kappa shape index (κ2) is 8.14. The highest BCUT2D eigenvalue weighted by molar-refractivity contribution is 8.13. The van der Waals surface area contributed by atoms with Crippen molar-refractivity contribution in [2.45, 2.75) is 24.3 Å². The van der Waals surface area contributed by atoms with Gasteiger partial charge in [0.05, 0.1) is 18.0 Å². The van der Waals surface area contributed by atoms with E-state index in [1.807, 2.05) is 30.3 Å². The standard InChI is InChI=1S/C19H21N3O3S2/c1-14-13-16(25-2)9-10-18(14)27(23,24)21-19(26-3)22-17(11-12-20-22)15-7-5-4-6-8-15/h4-10,12-13,17H,11H2,1-3H3/b21-19-. The number of benzene rings is 2. The van der Waals surface area contributed by atoms with Gasteiger partial charge in [-0.1, -0.05) is 42.1 Å². The summed E-state index contributed by atoms with van der Waals surface area (Å²) in [5, 5.41) is 6.38. The average Bonchev–Trinajstić information content (AvgIpc) is 3.16. The molecule has 3 rings (SSSR count). The highest BCUT2D eigenvalue weighted by Gasteiger charge is 2.28. The summed E-state index contributed by atoms with van der Waals surface area (Å²) in [6.07, 6.45) is 4.28. The molecule has 0 amide bonds. The van der Waals surface area contributed by atoms with Crippen LogP contribution < -0.4 is 4.74 Å². The Morgan fingerprint density at radius 1 is 1.26 bits per heavy atom. The molecule has 0 radical (unpaired) electrons. The average molecular weight is 404 g/mol. The van der Waals surface area contributed by atoms with E-state index in [4.69, 9.17) is 4.74 Å². The van der Waals surface area contributed by atoms with Gasteiger partial charge in [0.25, 0.3) is 10.0 Å². The van der Waals surface area contributed by atoms with Crippen molar-refractivity contribution >= 4 is 33.2 Å². The smallest absolute Gasteiger partial charge is 0.285 e. The summed E-state index contributed by atoms with van der Waals surface area (Å²) in [6, 6.07) is 14.6. The molecule has 0 bridgehead atoms. The lowest BCUT2D eigenvalue weighted by molar-refractivity contribution is 0.377. The maximum absolute atomic E-state index is 12.9. The minimum Gasteiger partial charge on any atom is -0.497 e. The van der Waals surface area contributed by atoms with E-state index in [2.05, 4.69) is 9.50 Å². The molecular formula is C19H21N3O3S2. The van der Waals surface area contributed by atoms with Crippen LogP contribution in [0.4, 0.5) is 0 Å². The highest BCUT2D eigenvalue weighted by Crippen LogP contribution is 2.31. The van der Waals surface area contributed by atoms with Crippen molar-refractivity contribution < 1.29 is 13.2 Å². The van der Waals surface area contributed by atoms with Crippen LogP contribution in [0.5, 0.6) is 5.75 Å². The van der Waals surface area contributed by atoms with Crippen molar-refractivity contribution in [2.75, 3.05) is 13.4 Å². The van der Waals surface area contributed by atoms with E-state index in [1.165, 1.54) is 17.8 Å². The third-order valence-electron chi connectivity index (χ3n) is 4.25. The molecule has 1 aliphatic rings. The molecular weight excluding hydrogens is 382 g/mol. The lowest BCUT2D eigenvalue weighted by Crippen LogP contribution is -2.25. The fraction of sp³-hybridized carbons (Fsp3) is 0.263. The predicted molar refractivity (Wildman–Crippen MR) is 110 cm³/mol. The number of ether oxygens (including phenoxy) is 1. The van der Waals surface area contributed by atoms with Crippen molar-refractivity contribution in [1.82, 2.24) is 5.01 Å². The van der Waals surface area contributed by atoms with Gasteiger partial charge in [0.15, 0.2) is 5.17 Å². The highest BCUT2D eigenvalue weighted by atomic mass is 32.2. The fourth-order valence-corrected chi connectivity index (χ4v) is 4.96. The molecule has 2 aromatic rings. The van der Waals surface area contributed by atoms with Gasteiger partial charge in [-0.2, -0.15) is 13.5 Å². The molecule has 2 aromatic carbocycles. The Bertz CT molecular complexity index is 973. The van der Waals surface area contributed by atoms with Crippen molar-refractivity contribution in [3.63, 3.8) is 0 Å². The van der Waals surface area contributed by atoms with Gasteiger partial charge >= 0.3 is 0 Å². The number of amidine groups is 1. The Balaban J connectivity index is 1.96.